The molecule has 3 N–H and O–H groups in total. The van der Waals surface area contributed by atoms with Crippen LogP contribution < -0.4 is 5.73 Å². The van der Waals surface area contributed by atoms with Crippen LogP contribution in [0.2, 0.25) is 0 Å². The fourth-order valence-corrected chi connectivity index (χ4v) is 3.36. The molecule has 1 heterocycles. The molecule has 0 saturated heterocycles. The van der Waals surface area contributed by atoms with Crippen molar-refractivity contribution in [2.45, 2.75) is 56.7 Å². The Balaban J connectivity index is 2.14. The molecule has 0 amide bonds. The van der Waals surface area contributed by atoms with Gasteiger partial charge in [0.2, 0.25) is 0 Å². The predicted molar refractivity (Wildman–Crippen MR) is 81.3 cm³/mol. The molecule has 0 radical (unpaired) electrons. The fraction of sp³-hybridized carbons (Fsp3) is 0.688. The zero-order chi connectivity index (χ0) is 14.6. The number of likely N-dealkylation sites (N-methyl/N-ethyl adjacent to an activating group) is 1. The molecule has 0 aromatic carbocycles. The Kier molecular flexibility index (Phi) is 5.13. The van der Waals surface area contributed by atoms with Crippen molar-refractivity contribution >= 4 is 0 Å². The Morgan fingerprint density at radius 3 is 2.70 bits per heavy atom. The number of pyridine rings is 1. The predicted octanol–water partition coefficient (Wildman–Crippen LogP) is 2.10. The van der Waals surface area contributed by atoms with Gasteiger partial charge in [0.15, 0.2) is 0 Å². The highest BCUT2D eigenvalue weighted by Gasteiger charge is 2.35. The van der Waals surface area contributed by atoms with Gasteiger partial charge < -0.3 is 10.8 Å². The zero-order valence-corrected chi connectivity index (χ0v) is 12.6. The summed E-state index contributed by atoms with van der Waals surface area (Å²) in [7, 11) is 2.06. The molecule has 112 valence electrons. The molecule has 0 aliphatic heterocycles. The summed E-state index contributed by atoms with van der Waals surface area (Å²) in [6.07, 6.45) is 8.63. The lowest BCUT2D eigenvalue weighted by molar-refractivity contribution is 0.00160. The molecule has 1 aromatic heterocycles. The first kappa shape index (κ1) is 15.4. The van der Waals surface area contributed by atoms with Crippen LogP contribution in [0.15, 0.2) is 24.5 Å². The minimum absolute atomic E-state index is 0.0502. The van der Waals surface area contributed by atoms with Crippen molar-refractivity contribution in [1.29, 1.82) is 0 Å². The van der Waals surface area contributed by atoms with Gasteiger partial charge in [-0.25, -0.2) is 0 Å². The molecular formula is C16H27N3O. The van der Waals surface area contributed by atoms with E-state index in [1.54, 1.807) is 6.20 Å². The molecule has 1 fully saturated rings. The molecule has 1 saturated carbocycles. The smallest absolute Gasteiger partial charge is 0.0774 e. The molecule has 4 heteroatoms. The SMILES string of the molecule is CCC(N)C(c1cccnc1)N(C)CC1(O)CCCC1. The number of rotatable bonds is 6. The molecule has 1 aliphatic carbocycles. The van der Waals surface area contributed by atoms with Gasteiger partial charge in [-0.15, -0.1) is 0 Å². The van der Waals surface area contributed by atoms with Gasteiger partial charge in [0.05, 0.1) is 11.6 Å². The van der Waals surface area contributed by atoms with Crippen LogP contribution in [0.1, 0.15) is 50.6 Å². The summed E-state index contributed by atoms with van der Waals surface area (Å²) in [5.41, 5.74) is 6.91. The molecule has 20 heavy (non-hydrogen) atoms. The average molecular weight is 277 g/mol. The summed E-state index contributed by atoms with van der Waals surface area (Å²) in [5.74, 6) is 0. The number of nitrogens with zero attached hydrogens (tertiary/aromatic N) is 2. The van der Waals surface area contributed by atoms with Crippen LogP contribution in [0.5, 0.6) is 0 Å². The van der Waals surface area contributed by atoms with Crippen molar-refractivity contribution in [3.05, 3.63) is 30.1 Å². The summed E-state index contributed by atoms with van der Waals surface area (Å²) < 4.78 is 0. The lowest BCUT2D eigenvalue weighted by Gasteiger charge is -2.37. The Bertz CT molecular complexity index is 403. The second-order valence-electron chi connectivity index (χ2n) is 6.15. The van der Waals surface area contributed by atoms with E-state index in [9.17, 15) is 5.11 Å². The zero-order valence-electron chi connectivity index (χ0n) is 12.6. The first-order valence-electron chi connectivity index (χ1n) is 7.64. The van der Waals surface area contributed by atoms with E-state index in [0.29, 0.717) is 6.54 Å². The van der Waals surface area contributed by atoms with E-state index in [-0.39, 0.29) is 12.1 Å². The number of aromatic nitrogens is 1. The molecule has 2 unspecified atom stereocenters. The molecule has 2 rings (SSSR count). The van der Waals surface area contributed by atoms with E-state index >= 15 is 0 Å². The number of nitrogens with two attached hydrogens (primary N) is 1. The standard InChI is InChI=1S/C16H27N3O/c1-3-14(17)15(13-7-6-10-18-11-13)19(2)12-16(20)8-4-5-9-16/h6-7,10-11,14-15,20H,3-5,8-9,12,17H2,1-2H3. The molecule has 1 aromatic rings. The van der Waals surface area contributed by atoms with Crippen LogP contribution in [-0.4, -0.2) is 40.2 Å². The van der Waals surface area contributed by atoms with Crippen LogP contribution in [0.3, 0.4) is 0 Å². The summed E-state index contributed by atoms with van der Waals surface area (Å²) in [6.45, 7) is 2.78. The van der Waals surface area contributed by atoms with Crippen molar-refractivity contribution in [2.24, 2.45) is 5.73 Å². The third kappa shape index (κ3) is 3.57. The van der Waals surface area contributed by atoms with E-state index in [1.807, 2.05) is 12.3 Å². The van der Waals surface area contributed by atoms with Gasteiger partial charge in [-0.1, -0.05) is 25.8 Å². The van der Waals surface area contributed by atoms with Crippen LogP contribution in [0.4, 0.5) is 0 Å². The Hall–Kier alpha value is -0.970. The lowest BCUT2D eigenvalue weighted by atomic mass is 9.95. The van der Waals surface area contributed by atoms with Crippen LogP contribution >= 0.6 is 0 Å². The van der Waals surface area contributed by atoms with Gasteiger partial charge in [-0.3, -0.25) is 9.88 Å². The molecule has 4 nitrogen and oxygen atoms in total. The highest BCUT2D eigenvalue weighted by Crippen LogP contribution is 2.33. The van der Waals surface area contributed by atoms with Crippen molar-refractivity contribution in [2.75, 3.05) is 13.6 Å². The van der Waals surface area contributed by atoms with Gasteiger partial charge in [0.25, 0.3) is 0 Å². The summed E-state index contributed by atoms with van der Waals surface area (Å²) in [4.78, 5) is 6.41. The van der Waals surface area contributed by atoms with E-state index in [0.717, 1.165) is 37.7 Å². The Morgan fingerprint density at radius 2 is 2.15 bits per heavy atom. The molecule has 0 bridgehead atoms. The Morgan fingerprint density at radius 1 is 1.45 bits per heavy atom. The topological polar surface area (TPSA) is 62.4 Å². The largest absolute Gasteiger partial charge is 0.389 e. The maximum atomic E-state index is 10.6. The number of aliphatic hydroxyl groups is 1. The van der Waals surface area contributed by atoms with Crippen LogP contribution in [-0.2, 0) is 0 Å². The van der Waals surface area contributed by atoms with Crippen LogP contribution in [0.25, 0.3) is 0 Å². The van der Waals surface area contributed by atoms with Gasteiger partial charge in [0, 0.05) is 25.0 Å². The van der Waals surface area contributed by atoms with Gasteiger partial charge in [-0.2, -0.15) is 0 Å². The van der Waals surface area contributed by atoms with Crippen LogP contribution in [0, 0.1) is 0 Å². The van der Waals surface area contributed by atoms with Gasteiger partial charge >= 0.3 is 0 Å². The van der Waals surface area contributed by atoms with E-state index in [4.69, 9.17) is 5.73 Å². The molecule has 1 aliphatic rings. The van der Waals surface area contributed by atoms with E-state index in [1.165, 1.54) is 0 Å². The Labute approximate surface area is 122 Å². The lowest BCUT2D eigenvalue weighted by Crippen LogP contribution is -2.46. The summed E-state index contributed by atoms with van der Waals surface area (Å²) in [5, 5.41) is 10.6. The van der Waals surface area contributed by atoms with Gasteiger partial charge in [0.1, 0.15) is 0 Å². The fourth-order valence-electron chi connectivity index (χ4n) is 3.36. The third-order valence-electron chi connectivity index (χ3n) is 4.46. The first-order valence-corrected chi connectivity index (χ1v) is 7.64. The van der Waals surface area contributed by atoms with Crippen molar-refractivity contribution < 1.29 is 5.11 Å². The number of hydrogen-bond acceptors (Lipinski definition) is 4. The summed E-state index contributed by atoms with van der Waals surface area (Å²) >= 11 is 0. The van der Waals surface area contributed by atoms with Gasteiger partial charge in [-0.05, 0) is 37.9 Å². The minimum atomic E-state index is -0.539. The molecular weight excluding hydrogens is 250 g/mol. The maximum Gasteiger partial charge on any atom is 0.0774 e. The normalized spacial score (nSPS) is 21.1. The van der Waals surface area contributed by atoms with Crippen molar-refractivity contribution in [3.8, 4) is 0 Å². The second-order valence-corrected chi connectivity index (χ2v) is 6.15. The summed E-state index contributed by atoms with van der Waals surface area (Å²) in [6, 6.07) is 4.18. The van der Waals surface area contributed by atoms with Crippen molar-refractivity contribution in [3.63, 3.8) is 0 Å². The third-order valence-corrected chi connectivity index (χ3v) is 4.46. The maximum absolute atomic E-state index is 10.6. The van der Waals surface area contributed by atoms with E-state index < -0.39 is 5.60 Å². The highest BCUT2D eigenvalue weighted by molar-refractivity contribution is 5.16. The number of hydrogen-bond donors (Lipinski definition) is 2. The molecule has 0 spiro atoms. The second kappa shape index (κ2) is 6.66. The molecule has 2 atom stereocenters. The first-order chi connectivity index (χ1) is 9.56. The highest BCUT2D eigenvalue weighted by atomic mass is 16.3. The van der Waals surface area contributed by atoms with E-state index in [2.05, 4.69) is 29.9 Å². The quantitative estimate of drug-likeness (QED) is 0.836. The average Bonchev–Trinajstić information content (AvgIpc) is 2.86. The minimum Gasteiger partial charge on any atom is -0.389 e. The van der Waals surface area contributed by atoms with Crippen molar-refractivity contribution in [1.82, 2.24) is 9.88 Å². The monoisotopic (exact) mass is 277 g/mol.